The van der Waals surface area contributed by atoms with Gasteiger partial charge in [0.15, 0.2) is 5.84 Å². The average Bonchev–Trinajstić information content (AvgIpc) is 2.71. The normalized spacial score (nSPS) is 16.1. The summed E-state index contributed by atoms with van der Waals surface area (Å²) in [6.07, 6.45) is 7.47. The quantitative estimate of drug-likeness (QED) is 0.696. The monoisotopic (exact) mass is 202 g/mol. The van der Waals surface area contributed by atoms with Crippen LogP contribution in [0.15, 0.2) is 48.0 Å². The molecule has 1 aromatic rings. The second-order valence-corrected chi connectivity index (χ2v) is 3.67. The molecule has 0 aliphatic carbocycles. The Morgan fingerprint density at radius 3 is 2.73 bits per heavy atom. The van der Waals surface area contributed by atoms with E-state index in [0.29, 0.717) is 6.04 Å². The van der Waals surface area contributed by atoms with E-state index in [-0.39, 0.29) is 0 Å². The van der Waals surface area contributed by atoms with Crippen LogP contribution >= 0.6 is 0 Å². The van der Waals surface area contributed by atoms with Gasteiger partial charge in [-0.25, -0.2) is 4.68 Å². The molecular formula is C11H14N4. The van der Waals surface area contributed by atoms with E-state index < -0.39 is 0 Å². The van der Waals surface area contributed by atoms with Crippen molar-refractivity contribution in [2.75, 3.05) is 0 Å². The molecule has 0 atom stereocenters. The zero-order valence-corrected chi connectivity index (χ0v) is 8.96. The number of hydrogen-bond acceptors (Lipinski definition) is 3. The summed E-state index contributed by atoms with van der Waals surface area (Å²) in [4.78, 5) is 0. The summed E-state index contributed by atoms with van der Waals surface area (Å²) in [6, 6.07) is 2.17. The van der Waals surface area contributed by atoms with Crippen LogP contribution in [0.2, 0.25) is 0 Å². The predicted molar refractivity (Wildman–Crippen MR) is 60.3 cm³/mol. The molecule has 0 saturated heterocycles. The number of hydrogen-bond donors (Lipinski definition) is 0. The van der Waals surface area contributed by atoms with Gasteiger partial charge in [-0.3, -0.25) is 5.01 Å². The van der Waals surface area contributed by atoms with Crippen LogP contribution in [-0.4, -0.2) is 26.7 Å². The van der Waals surface area contributed by atoms with Crippen molar-refractivity contribution < 1.29 is 0 Å². The molecule has 0 bridgehead atoms. The number of allylic oxidation sites excluding steroid dienone is 2. The molecule has 2 heterocycles. The summed E-state index contributed by atoms with van der Waals surface area (Å²) >= 11 is 0. The van der Waals surface area contributed by atoms with Gasteiger partial charge in [-0.2, -0.15) is 10.2 Å². The first-order chi connectivity index (χ1) is 7.18. The zero-order valence-electron chi connectivity index (χ0n) is 8.96. The minimum Gasteiger partial charge on any atom is -0.262 e. The van der Waals surface area contributed by atoms with Crippen molar-refractivity contribution in [1.82, 2.24) is 14.8 Å². The summed E-state index contributed by atoms with van der Waals surface area (Å²) in [5.41, 5.74) is 0.904. The van der Waals surface area contributed by atoms with Gasteiger partial charge in [-0.05, 0) is 32.1 Å². The molecule has 0 unspecified atom stereocenters. The minimum absolute atomic E-state index is 0.299. The van der Waals surface area contributed by atoms with Crippen LogP contribution in [0.25, 0.3) is 0 Å². The van der Waals surface area contributed by atoms with Gasteiger partial charge in [0.1, 0.15) is 0 Å². The van der Waals surface area contributed by atoms with E-state index in [4.69, 9.17) is 0 Å². The van der Waals surface area contributed by atoms with Crippen molar-refractivity contribution in [3.8, 4) is 0 Å². The fraction of sp³-hybridized carbons (Fsp3) is 0.273. The maximum Gasteiger partial charge on any atom is 0.173 e. The highest BCUT2D eigenvalue weighted by Crippen LogP contribution is 2.14. The Bertz CT molecular complexity index is 412. The first kappa shape index (κ1) is 9.71. The summed E-state index contributed by atoms with van der Waals surface area (Å²) in [6.45, 7) is 8.09. The Hall–Kier alpha value is -1.84. The molecule has 15 heavy (non-hydrogen) atoms. The molecular weight excluding hydrogens is 188 g/mol. The highest BCUT2D eigenvalue weighted by atomic mass is 15.5. The van der Waals surface area contributed by atoms with Gasteiger partial charge in [-0.15, -0.1) is 0 Å². The van der Waals surface area contributed by atoms with E-state index in [2.05, 4.69) is 30.6 Å². The van der Waals surface area contributed by atoms with Crippen LogP contribution in [-0.2, 0) is 0 Å². The molecule has 0 aromatic carbocycles. The lowest BCUT2D eigenvalue weighted by Crippen LogP contribution is -2.29. The van der Waals surface area contributed by atoms with Gasteiger partial charge >= 0.3 is 0 Å². The number of hydrazone groups is 1. The fourth-order valence-electron chi connectivity index (χ4n) is 1.43. The van der Waals surface area contributed by atoms with Crippen molar-refractivity contribution in [2.45, 2.75) is 19.9 Å². The van der Waals surface area contributed by atoms with E-state index >= 15 is 0 Å². The van der Waals surface area contributed by atoms with Gasteiger partial charge in [-0.1, -0.05) is 6.58 Å². The highest BCUT2D eigenvalue weighted by molar-refractivity contribution is 5.95. The van der Waals surface area contributed by atoms with Crippen LogP contribution in [0, 0.1) is 0 Å². The van der Waals surface area contributed by atoms with Crippen LogP contribution in [0.4, 0.5) is 0 Å². The molecule has 0 amide bonds. The van der Waals surface area contributed by atoms with Crippen molar-refractivity contribution in [1.29, 1.82) is 0 Å². The van der Waals surface area contributed by atoms with Crippen molar-refractivity contribution >= 4 is 5.84 Å². The lowest BCUT2D eigenvalue weighted by atomic mass is 10.3. The maximum atomic E-state index is 4.47. The molecule has 0 spiro atoms. The topological polar surface area (TPSA) is 33.4 Å². The van der Waals surface area contributed by atoms with E-state index in [1.54, 1.807) is 10.9 Å². The number of nitrogens with zero attached hydrogens (tertiary/aromatic N) is 4. The van der Waals surface area contributed by atoms with Crippen LogP contribution in [0.1, 0.15) is 13.8 Å². The second kappa shape index (κ2) is 3.73. The van der Waals surface area contributed by atoms with Crippen molar-refractivity contribution in [3.63, 3.8) is 0 Å². The van der Waals surface area contributed by atoms with Gasteiger partial charge in [0, 0.05) is 18.4 Å². The molecule has 1 aliphatic heterocycles. The molecule has 1 aliphatic rings. The lowest BCUT2D eigenvalue weighted by Gasteiger charge is -2.26. The molecule has 78 valence electrons. The molecule has 1 aromatic heterocycles. The second-order valence-electron chi connectivity index (χ2n) is 3.67. The van der Waals surface area contributed by atoms with Gasteiger partial charge in [0.25, 0.3) is 0 Å². The first-order valence-corrected chi connectivity index (χ1v) is 4.93. The Morgan fingerprint density at radius 1 is 1.33 bits per heavy atom. The van der Waals surface area contributed by atoms with E-state index in [1.807, 2.05) is 29.4 Å². The SMILES string of the molecule is C=C1C=CC(n2cccn2)=NN1C(C)C. The average molecular weight is 202 g/mol. The maximum absolute atomic E-state index is 4.47. The first-order valence-electron chi connectivity index (χ1n) is 4.93. The Balaban J connectivity index is 2.32. The molecule has 0 radical (unpaired) electrons. The lowest BCUT2D eigenvalue weighted by molar-refractivity contribution is 0.305. The largest absolute Gasteiger partial charge is 0.262 e. The predicted octanol–water partition coefficient (Wildman–Crippen LogP) is 1.84. The van der Waals surface area contributed by atoms with Gasteiger partial charge < -0.3 is 0 Å². The molecule has 4 heteroatoms. The smallest absolute Gasteiger partial charge is 0.173 e. The van der Waals surface area contributed by atoms with Gasteiger partial charge in [0.2, 0.25) is 0 Å². The highest BCUT2D eigenvalue weighted by Gasteiger charge is 2.14. The van der Waals surface area contributed by atoms with E-state index in [9.17, 15) is 0 Å². The Morgan fingerprint density at radius 2 is 2.13 bits per heavy atom. The summed E-state index contributed by atoms with van der Waals surface area (Å²) in [5, 5.41) is 10.5. The Labute approximate surface area is 89.2 Å². The molecule has 0 saturated carbocycles. The summed E-state index contributed by atoms with van der Waals surface area (Å²) in [5.74, 6) is 0.807. The molecule has 4 nitrogen and oxygen atoms in total. The number of rotatable bonds is 1. The fourth-order valence-corrected chi connectivity index (χ4v) is 1.43. The van der Waals surface area contributed by atoms with Crippen LogP contribution < -0.4 is 0 Å². The third kappa shape index (κ3) is 1.83. The molecule has 0 fully saturated rings. The third-order valence-electron chi connectivity index (χ3n) is 2.16. The standard InChI is InChI=1S/C11H14N4/c1-9(2)15-10(3)5-6-11(13-15)14-8-4-7-12-14/h4-9H,3H2,1-2H3. The third-order valence-corrected chi connectivity index (χ3v) is 2.16. The van der Waals surface area contributed by atoms with Crippen LogP contribution in [0.3, 0.4) is 0 Å². The zero-order chi connectivity index (χ0) is 10.8. The van der Waals surface area contributed by atoms with Crippen molar-refractivity contribution in [3.05, 3.63) is 42.9 Å². The number of aromatic nitrogens is 2. The Kier molecular flexibility index (Phi) is 2.41. The van der Waals surface area contributed by atoms with Crippen LogP contribution in [0.5, 0.6) is 0 Å². The van der Waals surface area contributed by atoms with Crippen molar-refractivity contribution in [2.24, 2.45) is 5.10 Å². The van der Waals surface area contributed by atoms with E-state index in [0.717, 1.165) is 11.5 Å². The summed E-state index contributed by atoms with van der Waals surface area (Å²) in [7, 11) is 0. The van der Waals surface area contributed by atoms with Gasteiger partial charge in [0.05, 0.1) is 5.70 Å². The molecule has 2 rings (SSSR count). The van der Waals surface area contributed by atoms with E-state index in [1.165, 1.54) is 0 Å². The minimum atomic E-state index is 0.299. The summed E-state index contributed by atoms with van der Waals surface area (Å²) < 4.78 is 1.73. The molecule has 0 N–H and O–H groups in total.